The van der Waals surface area contributed by atoms with Crippen LogP contribution < -0.4 is 0 Å². The molecule has 4 fully saturated rings. The molecular formula is C19H25IO. The van der Waals surface area contributed by atoms with Crippen molar-refractivity contribution in [3.05, 3.63) is 33.4 Å². The zero-order valence-electron chi connectivity index (χ0n) is 12.8. The Morgan fingerprint density at radius 3 is 2.33 bits per heavy atom. The molecule has 21 heavy (non-hydrogen) atoms. The Morgan fingerprint density at radius 2 is 1.76 bits per heavy atom. The SMILES string of the molecule is CC12CC3CC(C1)CC(C(O)Cc1ccc(I)cc1)(C3)C2. The van der Waals surface area contributed by atoms with Crippen LogP contribution >= 0.6 is 22.6 Å². The molecule has 4 saturated carbocycles. The summed E-state index contributed by atoms with van der Waals surface area (Å²) in [5.41, 5.74) is 2.04. The molecule has 3 atom stereocenters. The first kappa shape index (κ1) is 14.5. The van der Waals surface area contributed by atoms with Crippen LogP contribution in [0.4, 0.5) is 0 Å². The first-order chi connectivity index (χ1) is 9.96. The third-order valence-corrected chi connectivity index (χ3v) is 7.17. The van der Waals surface area contributed by atoms with Crippen molar-refractivity contribution in [2.45, 2.75) is 58.0 Å². The second kappa shape index (κ2) is 4.95. The first-order valence-corrected chi connectivity index (χ1v) is 9.47. The van der Waals surface area contributed by atoms with Gasteiger partial charge in [0.25, 0.3) is 0 Å². The highest BCUT2D eigenvalue weighted by Crippen LogP contribution is 2.66. The van der Waals surface area contributed by atoms with E-state index in [0.717, 1.165) is 18.3 Å². The van der Waals surface area contributed by atoms with E-state index in [1.807, 2.05) is 0 Å². The van der Waals surface area contributed by atoms with Crippen LogP contribution in [0.15, 0.2) is 24.3 Å². The van der Waals surface area contributed by atoms with Gasteiger partial charge in [0.05, 0.1) is 6.10 Å². The molecule has 0 radical (unpaired) electrons. The molecule has 0 amide bonds. The van der Waals surface area contributed by atoms with Crippen molar-refractivity contribution in [3.63, 3.8) is 0 Å². The molecular weight excluding hydrogens is 371 g/mol. The monoisotopic (exact) mass is 396 g/mol. The van der Waals surface area contributed by atoms with Gasteiger partial charge in [0.1, 0.15) is 0 Å². The summed E-state index contributed by atoms with van der Waals surface area (Å²) >= 11 is 2.34. The largest absolute Gasteiger partial charge is 0.392 e. The summed E-state index contributed by atoms with van der Waals surface area (Å²) in [6, 6.07) is 8.69. The molecule has 0 spiro atoms. The Bertz CT molecular complexity index is 521. The van der Waals surface area contributed by atoms with Crippen LogP contribution in [0.1, 0.15) is 51.0 Å². The molecule has 114 valence electrons. The van der Waals surface area contributed by atoms with E-state index in [-0.39, 0.29) is 11.5 Å². The normalized spacial score (nSPS) is 42.2. The highest BCUT2D eigenvalue weighted by Gasteiger charge is 2.57. The third-order valence-electron chi connectivity index (χ3n) is 6.45. The predicted molar refractivity (Wildman–Crippen MR) is 94.1 cm³/mol. The number of benzene rings is 1. The summed E-state index contributed by atoms with van der Waals surface area (Å²) in [7, 11) is 0. The molecule has 3 unspecified atom stereocenters. The summed E-state index contributed by atoms with van der Waals surface area (Å²) in [5.74, 6) is 1.78. The number of aliphatic hydroxyl groups excluding tert-OH is 1. The summed E-state index contributed by atoms with van der Waals surface area (Å²) in [5, 5.41) is 11.0. The maximum Gasteiger partial charge on any atom is 0.0637 e. The Labute approximate surface area is 141 Å². The fourth-order valence-corrected chi connectivity index (χ4v) is 6.61. The van der Waals surface area contributed by atoms with Gasteiger partial charge in [-0.05, 0) is 108 Å². The Kier molecular flexibility index (Phi) is 3.42. The summed E-state index contributed by atoms with van der Waals surface area (Å²) in [4.78, 5) is 0. The molecule has 1 aromatic carbocycles. The predicted octanol–water partition coefficient (Wildman–Crippen LogP) is 4.80. The van der Waals surface area contributed by atoms with E-state index in [1.165, 1.54) is 47.7 Å². The summed E-state index contributed by atoms with van der Waals surface area (Å²) < 4.78 is 1.27. The van der Waals surface area contributed by atoms with Gasteiger partial charge >= 0.3 is 0 Å². The minimum Gasteiger partial charge on any atom is -0.392 e. The second-order valence-electron chi connectivity index (χ2n) is 8.48. The van der Waals surface area contributed by atoms with Crippen molar-refractivity contribution in [1.82, 2.24) is 0 Å². The van der Waals surface area contributed by atoms with Crippen LogP contribution in [0, 0.1) is 26.2 Å². The van der Waals surface area contributed by atoms with Crippen molar-refractivity contribution < 1.29 is 5.11 Å². The number of hydrogen-bond donors (Lipinski definition) is 1. The highest BCUT2D eigenvalue weighted by atomic mass is 127. The van der Waals surface area contributed by atoms with E-state index in [0.29, 0.717) is 5.41 Å². The van der Waals surface area contributed by atoms with Crippen LogP contribution in [0.3, 0.4) is 0 Å². The maximum absolute atomic E-state index is 11.0. The van der Waals surface area contributed by atoms with E-state index in [4.69, 9.17) is 0 Å². The van der Waals surface area contributed by atoms with Gasteiger partial charge in [-0.2, -0.15) is 0 Å². The average Bonchev–Trinajstić information content (AvgIpc) is 2.38. The standard InChI is InChI=1S/C19H25IO/c1-18-8-14-6-15(9-18)11-19(10-14,12-18)17(21)7-13-2-4-16(20)5-3-13/h2-5,14-15,17,21H,6-12H2,1H3. The average molecular weight is 396 g/mol. The topological polar surface area (TPSA) is 20.2 Å². The van der Waals surface area contributed by atoms with Crippen molar-refractivity contribution in [1.29, 1.82) is 0 Å². The van der Waals surface area contributed by atoms with Gasteiger partial charge in [-0.25, -0.2) is 0 Å². The third kappa shape index (κ3) is 2.56. The van der Waals surface area contributed by atoms with Gasteiger partial charge in [-0.15, -0.1) is 0 Å². The van der Waals surface area contributed by atoms with Gasteiger partial charge in [0.15, 0.2) is 0 Å². The molecule has 1 aromatic rings. The van der Waals surface area contributed by atoms with Crippen molar-refractivity contribution in [2.24, 2.45) is 22.7 Å². The molecule has 2 heteroatoms. The minimum absolute atomic E-state index is 0.150. The highest BCUT2D eigenvalue weighted by molar-refractivity contribution is 14.1. The van der Waals surface area contributed by atoms with E-state index >= 15 is 0 Å². The number of rotatable bonds is 3. The smallest absolute Gasteiger partial charge is 0.0637 e. The van der Waals surface area contributed by atoms with Crippen molar-refractivity contribution in [3.8, 4) is 0 Å². The molecule has 1 nitrogen and oxygen atoms in total. The van der Waals surface area contributed by atoms with Crippen LogP contribution in [0.5, 0.6) is 0 Å². The first-order valence-electron chi connectivity index (χ1n) is 8.39. The molecule has 1 N–H and O–H groups in total. The lowest BCUT2D eigenvalue weighted by molar-refractivity contribution is -0.152. The molecule has 4 bridgehead atoms. The zero-order valence-corrected chi connectivity index (χ0v) is 15.0. The number of hydrogen-bond acceptors (Lipinski definition) is 1. The van der Waals surface area contributed by atoms with Crippen molar-refractivity contribution >= 4 is 22.6 Å². The number of aliphatic hydroxyl groups is 1. The van der Waals surface area contributed by atoms with Gasteiger partial charge in [-0.3, -0.25) is 0 Å². The fourth-order valence-electron chi connectivity index (χ4n) is 6.25. The minimum atomic E-state index is -0.150. The Morgan fingerprint density at radius 1 is 1.14 bits per heavy atom. The zero-order chi connectivity index (χ0) is 14.7. The van der Waals surface area contributed by atoms with Crippen molar-refractivity contribution in [2.75, 3.05) is 0 Å². The van der Waals surface area contributed by atoms with Crippen LogP contribution in [0.25, 0.3) is 0 Å². The molecule has 0 heterocycles. The quantitative estimate of drug-likeness (QED) is 0.728. The molecule has 0 aliphatic heterocycles. The van der Waals surface area contributed by atoms with E-state index < -0.39 is 0 Å². The second-order valence-corrected chi connectivity index (χ2v) is 9.73. The van der Waals surface area contributed by atoms with Gasteiger partial charge in [0, 0.05) is 3.57 Å². The van der Waals surface area contributed by atoms with Crippen LogP contribution in [0.2, 0.25) is 0 Å². The fraction of sp³-hybridized carbons (Fsp3) is 0.684. The summed E-state index contributed by atoms with van der Waals surface area (Å²) in [6.45, 7) is 2.48. The lowest BCUT2D eigenvalue weighted by Crippen LogP contribution is -2.55. The molecule has 5 rings (SSSR count). The lowest BCUT2D eigenvalue weighted by atomic mass is 9.43. The van der Waals surface area contributed by atoms with E-state index in [1.54, 1.807) is 0 Å². The molecule has 0 saturated heterocycles. The van der Waals surface area contributed by atoms with Crippen LogP contribution in [-0.4, -0.2) is 11.2 Å². The van der Waals surface area contributed by atoms with Crippen LogP contribution in [-0.2, 0) is 6.42 Å². The Hall–Kier alpha value is -0.0900. The molecule has 0 aromatic heterocycles. The van der Waals surface area contributed by atoms with E-state index in [2.05, 4.69) is 53.8 Å². The Balaban J connectivity index is 1.56. The lowest BCUT2D eigenvalue weighted by Gasteiger charge is -2.62. The van der Waals surface area contributed by atoms with Gasteiger partial charge < -0.3 is 5.11 Å². The summed E-state index contributed by atoms with van der Waals surface area (Å²) in [6.07, 6.45) is 8.79. The van der Waals surface area contributed by atoms with Gasteiger partial charge in [-0.1, -0.05) is 19.1 Å². The number of halogens is 1. The van der Waals surface area contributed by atoms with Gasteiger partial charge in [0.2, 0.25) is 0 Å². The molecule has 4 aliphatic carbocycles. The van der Waals surface area contributed by atoms with E-state index in [9.17, 15) is 5.11 Å². The molecule has 4 aliphatic rings. The maximum atomic E-state index is 11.0.